The Bertz CT molecular complexity index is 835. The molecular formula is C16H16N4O. The minimum atomic E-state index is -0.227. The van der Waals surface area contributed by atoms with Crippen molar-refractivity contribution in [2.24, 2.45) is 0 Å². The fraction of sp³-hybridized carbons (Fsp3) is 0.188. The fourth-order valence-corrected chi connectivity index (χ4v) is 2.26. The first kappa shape index (κ1) is 13.3. The number of nitrogens with one attached hydrogen (secondary N) is 1. The largest absolute Gasteiger partial charge is 0.320 e. The normalized spacial score (nSPS) is 10.8. The summed E-state index contributed by atoms with van der Waals surface area (Å²) in [5.74, 6) is -0.227. The number of amides is 1. The molecule has 1 amide bonds. The molecule has 0 saturated carbocycles. The third-order valence-corrected chi connectivity index (χ3v) is 3.30. The van der Waals surface area contributed by atoms with Crippen LogP contribution in [0.25, 0.3) is 5.65 Å². The van der Waals surface area contributed by atoms with Crippen molar-refractivity contribution in [1.82, 2.24) is 14.6 Å². The number of carbonyl (C=O) groups excluding carboxylic acids is 1. The molecule has 1 N–H and O–H groups in total. The predicted molar refractivity (Wildman–Crippen MR) is 81.6 cm³/mol. The number of benzene rings is 1. The zero-order valence-electron chi connectivity index (χ0n) is 12.2. The smallest absolute Gasteiger partial charge is 0.276 e. The summed E-state index contributed by atoms with van der Waals surface area (Å²) in [4.78, 5) is 16.6. The van der Waals surface area contributed by atoms with Crippen LogP contribution in [0.2, 0.25) is 0 Å². The van der Waals surface area contributed by atoms with Gasteiger partial charge in [0.25, 0.3) is 5.91 Å². The van der Waals surface area contributed by atoms with E-state index < -0.39 is 0 Å². The second-order valence-corrected chi connectivity index (χ2v) is 5.18. The molecule has 0 fully saturated rings. The molecule has 5 nitrogen and oxygen atoms in total. The molecular weight excluding hydrogens is 264 g/mol. The molecule has 3 rings (SSSR count). The highest BCUT2D eigenvalue weighted by molar-refractivity contribution is 6.03. The Morgan fingerprint density at radius 3 is 2.71 bits per heavy atom. The van der Waals surface area contributed by atoms with Crippen LogP contribution in [0.3, 0.4) is 0 Å². The zero-order valence-corrected chi connectivity index (χ0v) is 12.2. The molecule has 1 aromatic carbocycles. The first-order valence-electron chi connectivity index (χ1n) is 6.74. The van der Waals surface area contributed by atoms with E-state index in [1.165, 1.54) is 5.56 Å². The molecule has 0 aliphatic carbocycles. The van der Waals surface area contributed by atoms with Gasteiger partial charge in [0.2, 0.25) is 0 Å². The lowest BCUT2D eigenvalue weighted by Crippen LogP contribution is -2.15. The Kier molecular flexibility index (Phi) is 3.17. The number of fused-ring (bicyclic) bond motifs is 1. The first-order valence-corrected chi connectivity index (χ1v) is 6.74. The Balaban J connectivity index is 1.89. The topological polar surface area (TPSA) is 59.3 Å². The monoisotopic (exact) mass is 280 g/mol. The quantitative estimate of drug-likeness (QED) is 0.785. The summed E-state index contributed by atoms with van der Waals surface area (Å²) in [5, 5.41) is 7.17. The van der Waals surface area contributed by atoms with Crippen molar-refractivity contribution in [3.05, 3.63) is 59.0 Å². The summed E-state index contributed by atoms with van der Waals surface area (Å²) in [6, 6.07) is 9.38. The summed E-state index contributed by atoms with van der Waals surface area (Å²) in [7, 11) is 0. The highest BCUT2D eigenvalue weighted by Crippen LogP contribution is 2.17. The van der Waals surface area contributed by atoms with E-state index in [1.807, 2.05) is 39.0 Å². The maximum atomic E-state index is 12.3. The molecule has 0 unspecified atom stereocenters. The van der Waals surface area contributed by atoms with Gasteiger partial charge in [-0.05, 0) is 44.5 Å². The van der Waals surface area contributed by atoms with E-state index >= 15 is 0 Å². The summed E-state index contributed by atoms with van der Waals surface area (Å²) in [5.41, 5.74) is 4.96. The Morgan fingerprint density at radius 2 is 1.95 bits per heavy atom. The van der Waals surface area contributed by atoms with Gasteiger partial charge in [0.15, 0.2) is 5.65 Å². The lowest BCUT2D eigenvalue weighted by Gasteiger charge is -2.08. The molecule has 0 spiro atoms. The maximum absolute atomic E-state index is 12.3. The lowest BCUT2D eigenvalue weighted by atomic mass is 10.1. The van der Waals surface area contributed by atoms with Gasteiger partial charge < -0.3 is 5.32 Å². The van der Waals surface area contributed by atoms with Crippen molar-refractivity contribution in [3.63, 3.8) is 0 Å². The van der Waals surface area contributed by atoms with Crippen LogP contribution in [0.1, 0.15) is 27.3 Å². The van der Waals surface area contributed by atoms with E-state index in [4.69, 9.17) is 0 Å². The molecule has 0 saturated heterocycles. The average Bonchev–Trinajstić information content (AvgIpc) is 2.80. The number of aryl methyl sites for hydroxylation is 3. The molecule has 0 bridgehead atoms. The maximum Gasteiger partial charge on any atom is 0.276 e. The van der Waals surface area contributed by atoms with E-state index in [-0.39, 0.29) is 5.91 Å². The number of aromatic nitrogens is 3. The van der Waals surface area contributed by atoms with E-state index in [9.17, 15) is 4.79 Å². The molecule has 106 valence electrons. The highest BCUT2D eigenvalue weighted by Gasteiger charge is 2.11. The van der Waals surface area contributed by atoms with Crippen LogP contribution in [0.15, 0.2) is 36.5 Å². The molecule has 0 aliphatic heterocycles. The second kappa shape index (κ2) is 5.01. The van der Waals surface area contributed by atoms with Gasteiger partial charge in [-0.15, -0.1) is 0 Å². The van der Waals surface area contributed by atoms with Gasteiger partial charge in [-0.2, -0.15) is 5.10 Å². The molecule has 3 aromatic rings. The van der Waals surface area contributed by atoms with Gasteiger partial charge in [0.05, 0.1) is 11.9 Å². The molecule has 0 aliphatic rings. The SMILES string of the molecule is Cc1ccc(NC(=O)c2ccc3nc(C)cn3n2)c(C)c1. The minimum absolute atomic E-state index is 0.227. The molecule has 2 aromatic heterocycles. The summed E-state index contributed by atoms with van der Waals surface area (Å²) < 4.78 is 1.62. The number of nitrogens with zero attached hydrogens (tertiary/aromatic N) is 3. The van der Waals surface area contributed by atoms with Crippen LogP contribution in [0, 0.1) is 20.8 Å². The minimum Gasteiger partial charge on any atom is -0.320 e. The van der Waals surface area contributed by atoms with Crippen LogP contribution < -0.4 is 5.32 Å². The number of hydrogen-bond acceptors (Lipinski definition) is 3. The van der Waals surface area contributed by atoms with Gasteiger partial charge in [-0.1, -0.05) is 17.7 Å². The van der Waals surface area contributed by atoms with E-state index in [2.05, 4.69) is 15.4 Å². The number of imidazole rings is 1. The third-order valence-electron chi connectivity index (χ3n) is 3.30. The van der Waals surface area contributed by atoms with E-state index in [0.717, 1.165) is 22.6 Å². The van der Waals surface area contributed by atoms with Crippen molar-refractivity contribution in [1.29, 1.82) is 0 Å². The molecule has 5 heteroatoms. The number of hydrogen-bond donors (Lipinski definition) is 1. The van der Waals surface area contributed by atoms with E-state index in [0.29, 0.717) is 5.69 Å². The second-order valence-electron chi connectivity index (χ2n) is 5.18. The van der Waals surface area contributed by atoms with Crippen molar-refractivity contribution in [2.45, 2.75) is 20.8 Å². The third kappa shape index (κ3) is 2.63. The van der Waals surface area contributed by atoms with Gasteiger partial charge in [0, 0.05) is 5.69 Å². The predicted octanol–water partition coefficient (Wildman–Crippen LogP) is 2.91. The van der Waals surface area contributed by atoms with Crippen LogP contribution in [0.5, 0.6) is 0 Å². The Labute approximate surface area is 122 Å². The first-order chi connectivity index (χ1) is 10.0. The van der Waals surface area contributed by atoms with Crippen LogP contribution in [-0.2, 0) is 0 Å². The number of carbonyl (C=O) groups is 1. The molecule has 0 radical (unpaired) electrons. The van der Waals surface area contributed by atoms with Crippen molar-refractivity contribution >= 4 is 17.2 Å². The van der Waals surface area contributed by atoms with Crippen molar-refractivity contribution in [2.75, 3.05) is 5.32 Å². The Morgan fingerprint density at radius 1 is 1.14 bits per heavy atom. The lowest BCUT2D eigenvalue weighted by molar-refractivity contribution is 0.102. The zero-order chi connectivity index (χ0) is 15.0. The van der Waals surface area contributed by atoms with Crippen LogP contribution >= 0.6 is 0 Å². The molecule has 0 atom stereocenters. The van der Waals surface area contributed by atoms with Gasteiger partial charge in [-0.25, -0.2) is 9.50 Å². The highest BCUT2D eigenvalue weighted by atomic mass is 16.1. The van der Waals surface area contributed by atoms with Crippen LogP contribution in [0.4, 0.5) is 5.69 Å². The average molecular weight is 280 g/mol. The summed E-state index contributed by atoms with van der Waals surface area (Å²) >= 11 is 0. The summed E-state index contributed by atoms with van der Waals surface area (Å²) in [6.45, 7) is 5.89. The molecule has 2 heterocycles. The number of anilines is 1. The van der Waals surface area contributed by atoms with Crippen molar-refractivity contribution in [3.8, 4) is 0 Å². The molecule has 21 heavy (non-hydrogen) atoms. The fourth-order valence-electron chi connectivity index (χ4n) is 2.26. The van der Waals surface area contributed by atoms with Crippen molar-refractivity contribution < 1.29 is 4.79 Å². The Hall–Kier alpha value is -2.69. The van der Waals surface area contributed by atoms with Crippen LogP contribution in [-0.4, -0.2) is 20.5 Å². The number of rotatable bonds is 2. The van der Waals surface area contributed by atoms with Gasteiger partial charge in [-0.3, -0.25) is 4.79 Å². The van der Waals surface area contributed by atoms with Gasteiger partial charge in [0.1, 0.15) is 5.69 Å². The summed E-state index contributed by atoms with van der Waals surface area (Å²) in [6.07, 6.45) is 1.79. The van der Waals surface area contributed by atoms with E-state index in [1.54, 1.807) is 22.8 Å². The van der Waals surface area contributed by atoms with Gasteiger partial charge >= 0.3 is 0 Å². The standard InChI is InChI=1S/C16H16N4O/c1-10-4-5-13(11(2)8-10)18-16(21)14-6-7-15-17-12(3)9-20(15)19-14/h4-9H,1-3H3,(H,18,21).